The molecule has 2 aliphatic heterocycles. The highest BCUT2D eigenvalue weighted by Gasteiger charge is 2.30. The monoisotopic (exact) mass is 459 g/mol. The third-order valence-electron chi connectivity index (χ3n) is 6.34. The van der Waals surface area contributed by atoms with Crippen LogP contribution in [0, 0.1) is 18.7 Å². The van der Waals surface area contributed by atoms with Crippen LogP contribution >= 0.6 is 0 Å². The molecule has 34 heavy (non-hydrogen) atoms. The first kappa shape index (κ1) is 22.2. The summed E-state index contributed by atoms with van der Waals surface area (Å²) < 4.78 is 21.3. The number of fused-ring (bicyclic) bond motifs is 1. The number of hydrogen-bond donors (Lipinski definition) is 0. The molecular formula is C27H30FN5O. The Kier molecular flexibility index (Phi) is 6.09. The van der Waals surface area contributed by atoms with Crippen molar-refractivity contribution in [2.45, 2.75) is 26.7 Å². The normalized spacial score (nSPS) is 19.6. The van der Waals surface area contributed by atoms with Gasteiger partial charge < -0.3 is 9.30 Å². The molecular weight excluding hydrogens is 429 g/mol. The van der Waals surface area contributed by atoms with Crippen LogP contribution in [0.25, 0.3) is 11.8 Å². The second kappa shape index (κ2) is 9.33. The van der Waals surface area contributed by atoms with Gasteiger partial charge in [-0.3, -0.25) is 15.0 Å². The summed E-state index contributed by atoms with van der Waals surface area (Å²) in [6.45, 7) is 6.69. The van der Waals surface area contributed by atoms with Crippen LogP contribution < -0.4 is 9.75 Å². The summed E-state index contributed by atoms with van der Waals surface area (Å²) in [5, 5.41) is 4.53. The topological polar surface area (TPSA) is 45.9 Å². The van der Waals surface area contributed by atoms with Gasteiger partial charge in [-0.2, -0.15) is 0 Å². The molecule has 5 rings (SSSR count). The third kappa shape index (κ3) is 4.42. The molecule has 0 spiro atoms. The lowest BCUT2D eigenvalue weighted by Gasteiger charge is -2.41. The molecule has 0 aliphatic carbocycles. The lowest BCUT2D eigenvalue weighted by atomic mass is 10.0. The van der Waals surface area contributed by atoms with Crippen molar-refractivity contribution in [3.8, 4) is 11.4 Å². The number of anilines is 1. The Bertz CT molecular complexity index is 1230. The number of ether oxygens (including phenoxy) is 1. The molecule has 0 N–H and O–H groups in total. The lowest BCUT2D eigenvalue weighted by molar-refractivity contribution is 0.352. The molecule has 2 aliphatic rings. The van der Waals surface area contributed by atoms with Crippen molar-refractivity contribution >= 4 is 17.6 Å². The maximum atomic E-state index is 13.6. The SMILES string of the molecule is COc1cc(C=C2CCCN3C2=NCC(C)CN3c2ccc(F)cc2)ccc1-n1cnc(C)c1. The van der Waals surface area contributed by atoms with E-state index in [-0.39, 0.29) is 5.82 Å². The van der Waals surface area contributed by atoms with Crippen molar-refractivity contribution in [1.29, 1.82) is 0 Å². The van der Waals surface area contributed by atoms with Gasteiger partial charge in [-0.05, 0) is 79.3 Å². The predicted molar refractivity (Wildman–Crippen MR) is 134 cm³/mol. The summed E-state index contributed by atoms with van der Waals surface area (Å²) in [7, 11) is 1.69. The van der Waals surface area contributed by atoms with Crippen LogP contribution in [-0.4, -0.2) is 47.1 Å². The fraction of sp³-hybridized carbons (Fsp3) is 0.333. The van der Waals surface area contributed by atoms with Gasteiger partial charge >= 0.3 is 0 Å². The number of aryl methyl sites for hydroxylation is 1. The molecule has 1 fully saturated rings. The molecule has 1 unspecified atom stereocenters. The maximum Gasteiger partial charge on any atom is 0.145 e. The summed E-state index contributed by atoms with van der Waals surface area (Å²) in [6, 6.07) is 13.0. The third-order valence-corrected chi connectivity index (χ3v) is 6.34. The zero-order valence-corrected chi connectivity index (χ0v) is 19.9. The molecule has 3 heterocycles. The minimum absolute atomic E-state index is 0.219. The minimum atomic E-state index is -0.219. The molecule has 6 nitrogen and oxygen atoms in total. The van der Waals surface area contributed by atoms with Crippen LogP contribution in [0.15, 0.2) is 65.6 Å². The van der Waals surface area contributed by atoms with Crippen molar-refractivity contribution in [3.05, 3.63) is 77.6 Å². The van der Waals surface area contributed by atoms with E-state index in [1.807, 2.05) is 29.8 Å². The highest BCUT2D eigenvalue weighted by Crippen LogP contribution is 2.31. The maximum absolute atomic E-state index is 13.6. The molecule has 1 saturated heterocycles. The first-order valence-corrected chi connectivity index (χ1v) is 11.8. The number of methoxy groups -OCH3 is 1. The van der Waals surface area contributed by atoms with Crippen molar-refractivity contribution in [2.24, 2.45) is 10.9 Å². The van der Waals surface area contributed by atoms with E-state index in [2.05, 4.69) is 46.2 Å². The molecule has 0 amide bonds. The summed E-state index contributed by atoms with van der Waals surface area (Å²) in [5.41, 5.74) is 5.19. The van der Waals surface area contributed by atoms with Gasteiger partial charge in [0.15, 0.2) is 0 Å². The number of imidazole rings is 1. The number of hydrogen-bond acceptors (Lipinski definition) is 5. The zero-order chi connectivity index (χ0) is 23.7. The first-order chi connectivity index (χ1) is 16.5. The van der Waals surface area contributed by atoms with Crippen molar-refractivity contribution in [1.82, 2.24) is 14.6 Å². The minimum Gasteiger partial charge on any atom is -0.495 e. The van der Waals surface area contributed by atoms with Crippen LogP contribution in [-0.2, 0) is 0 Å². The summed E-state index contributed by atoms with van der Waals surface area (Å²) in [5.74, 6) is 1.97. The Balaban J connectivity index is 1.49. The molecule has 0 radical (unpaired) electrons. The standard InChI is InChI=1S/C27H30FN5O/c1-19-15-29-27-22(5-4-12-32(27)33(16-19)24-9-7-23(28)8-10-24)13-21-6-11-25(26(14-21)34-3)31-17-20(2)30-18-31/h6-11,13-14,17-19H,4-5,12,15-16H2,1-3H3. The van der Waals surface area contributed by atoms with Gasteiger partial charge in [0.1, 0.15) is 17.4 Å². The Morgan fingerprint density at radius 2 is 1.94 bits per heavy atom. The highest BCUT2D eigenvalue weighted by atomic mass is 19.1. The fourth-order valence-corrected chi connectivity index (χ4v) is 4.66. The number of rotatable bonds is 4. The zero-order valence-electron chi connectivity index (χ0n) is 19.9. The average Bonchev–Trinajstić information content (AvgIpc) is 3.20. The van der Waals surface area contributed by atoms with Crippen molar-refractivity contribution < 1.29 is 9.13 Å². The van der Waals surface area contributed by atoms with E-state index in [0.717, 1.165) is 66.7 Å². The van der Waals surface area contributed by atoms with E-state index in [9.17, 15) is 4.39 Å². The Morgan fingerprint density at radius 1 is 1.12 bits per heavy atom. The van der Waals surface area contributed by atoms with Gasteiger partial charge in [0.25, 0.3) is 0 Å². The van der Waals surface area contributed by atoms with E-state index in [1.165, 1.54) is 17.7 Å². The number of piperidine rings is 1. The Hall–Kier alpha value is -3.61. The summed E-state index contributed by atoms with van der Waals surface area (Å²) >= 11 is 0. The molecule has 0 saturated carbocycles. The molecule has 1 atom stereocenters. The quantitative estimate of drug-likeness (QED) is 0.533. The smallest absolute Gasteiger partial charge is 0.145 e. The predicted octanol–water partition coefficient (Wildman–Crippen LogP) is 5.28. The van der Waals surface area contributed by atoms with Crippen LogP contribution in [0.5, 0.6) is 5.75 Å². The van der Waals surface area contributed by atoms with E-state index < -0.39 is 0 Å². The second-order valence-electron chi connectivity index (χ2n) is 9.08. The van der Waals surface area contributed by atoms with E-state index >= 15 is 0 Å². The summed E-state index contributed by atoms with van der Waals surface area (Å²) in [4.78, 5) is 9.35. The van der Waals surface area contributed by atoms with Crippen molar-refractivity contribution in [3.63, 3.8) is 0 Å². The first-order valence-electron chi connectivity index (χ1n) is 11.8. The molecule has 3 aromatic rings. The number of aliphatic imine (C=N–C) groups is 1. The molecule has 1 aromatic heterocycles. The highest BCUT2D eigenvalue weighted by molar-refractivity contribution is 6.03. The number of hydrazine groups is 1. The molecule has 2 aromatic carbocycles. The van der Waals surface area contributed by atoms with Gasteiger partial charge in [0, 0.05) is 25.8 Å². The van der Waals surface area contributed by atoms with Gasteiger partial charge in [0.05, 0.1) is 30.5 Å². The number of nitrogens with zero attached hydrogens (tertiary/aromatic N) is 5. The lowest BCUT2D eigenvalue weighted by Crippen LogP contribution is -2.50. The molecule has 7 heteroatoms. The number of halogens is 1. The van der Waals surface area contributed by atoms with Crippen LogP contribution in [0.1, 0.15) is 31.0 Å². The molecule has 0 bridgehead atoms. The van der Waals surface area contributed by atoms with Gasteiger partial charge in [-0.15, -0.1) is 0 Å². The largest absolute Gasteiger partial charge is 0.495 e. The van der Waals surface area contributed by atoms with E-state index in [4.69, 9.17) is 9.73 Å². The number of aromatic nitrogens is 2. The van der Waals surface area contributed by atoms with Gasteiger partial charge in [-0.1, -0.05) is 13.0 Å². The number of amidine groups is 1. The van der Waals surface area contributed by atoms with E-state index in [0.29, 0.717) is 5.92 Å². The fourth-order valence-electron chi connectivity index (χ4n) is 4.66. The Labute approximate surface area is 200 Å². The van der Waals surface area contributed by atoms with Crippen LogP contribution in [0.4, 0.5) is 10.1 Å². The summed E-state index contributed by atoms with van der Waals surface area (Å²) in [6.07, 6.45) is 8.00. The van der Waals surface area contributed by atoms with Crippen LogP contribution in [0.2, 0.25) is 0 Å². The van der Waals surface area contributed by atoms with Crippen LogP contribution in [0.3, 0.4) is 0 Å². The van der Waals surface area contributed by atoms with Gasteiger partial charge in [-0.25, -0.2) is 9.37 Å². The van der Waals surface area contributed by atoms with Gasteiger partial charge in [0.2, 0.25) is 0 Å². The van der Waals surface area contributed by atoms with Crippen molar-refractivity contribution in [2.75, 3.05) is 31.8 Å². The number of benzene rings is 2. The second-order valence-corrected chi connectivity index (χ2v) is 9.08. The van der Waals surface area contributed by atoms with E-state index in [1.54, 1.807) is 13.4 Å². The average molecular weight is 460 g/mol. The molecule has 176 valence electrons. The Morgan fingerprint density at radius 3 is 2.68 bits per heavy atom.